The number of hydrogen-bond donors (Lipinski definition) is 1. The van der Waals surface area contributed by atoms with E-state index >= 15 is 0 Å². The van der Waals surface area contributed by atoms with E-state index in [4.69, 9.17) is 0 Å². The molecule has 1 fully saturated rings. The minimum Gasteiger partial charge on any atom is -0.299 e. The molecular formula is C24H27N3O2S. The average molecular weight is 422 g/mol. The lowest BCUT2D eigenvalue weighted by Crippen LogP contribution is -2.38. The highest BCUT2D eigenvalue weighted by Gasteiger charge is 2.22. The van der Waals surface area contributed by atoms with Gasteiger partial charge in [0.1, 0.15) is 0 Å². The number of benzene rings is 2. The Kier molecular flexibility index (Phi) is 6.57. The Morgan fingerprint density at radius 2 is 1.50 bits per heavy atom. The second-order valence-electron chi connectivity index (χ2n) is 7.82. The summed E-state index contributed by atoms with van der Waals surface area (Å²) in [6, 6.07) is 21.1. The van der Waals surface area contributed by atoms with Crippen LogP contribution in [0.2, 0.25) is 0 Å². The molecule has 0 aliphatic carbocycles. The van der Waals surface area contributed by atoms with Crippen LogP contribution in [0, 0.1) is 5.92 Å². The second-order valence-corrected chi connectivity index (χ2v) is 9.58. The fraction of sp³-hybridized carbons (Fsp3) is 0.292. The number of piperidine rings is 1. The van der Waals surface area contributed by atoms with Crippen molar-refractivity contribution in [1.82, 2.24) is 14.6 Å². The number of sulfonamides is 1. The van der Waals surface area contributed by atoms with Crippen LogP contribution in [-0.4, -0.2) is 37.9 Å². The Bertz CT molecular complexity index is 1030. The van der Waals surface area contributed by atoms with Crippen LogP contribution in [0.15, 0.2) is 84.0 Å². The van der Waals surface area contributed by atoms with Crippen LogP contribution >= 0.6 is 0 Å². The van der Waals surface area contributed by atoms with Gasteiger partial charge in [0.2, 0.25) is 10.0 Å². The molecule has 6 heteroatoms. The molecule has 0 atom stereocenters. The van der Waals surface area contributed by atoms with Gasteiger partial charge < -0.3 is 0 Å². The standard InChI is InChI=1S/C24H27N3O2S/c28-30(29,24-8-6-23(7-9-24)22-4-2-1-3-5-22)26-18-20-12-16-27(17-13-20)19-21-10-14-25-15-11-21/h1-11,14-15,20,26H,12-13,16-19H2. The van der Waals surface area contributed by atoms with Gasteiger partial charge in [0.25, 0.3) is 0 Å². The minimum absolute atomic E-state index is 0.317. The molecule has 2 heterocycles. The third kappa shape index (κ3) is 5.33. The van der Waals surface area contributed by atoms with Gasteiger partial charge in [-0.25, -0.2) is 13.1 Å². The lowest BCUT2D eigenvalue weighted by atomic mass is 9.97. The van der Waals surface area contributed by atoms with E-state index in [0.29, 0.717) is 17.4 Å². The van der Waals surface area contributed by atoms with Crippen LogP contribution in [0.4, 0.5) is 0 Å². The van der Waals surface area contributed by atoms with Crippen LogP contribution in [0.25, 0.3) is 11.1 Å². The highest BCUT2D eigenvalue weighted by Crippen LogP contribution is 2.22. The molecule has 2 aromatic carbocycles. The van der Waals surface area contributed by atoms with E-state index in [1.165, 1.54) is 5.56 Å². The number of likely N-dealkylation sites (tertiary alicyclic amines) is 1. The van der Waals surface area contributed by atoms with Gasteiger partial charge >= 0.3 is 0 Å². The molecule has 0 amide bonds. The average Bonchev–Trinajstić information content (AvgIpc) is 2.80. The molecule has 1 saturated heterocycles. The smallest absolute Gasteiger partial charge is 0.240 e. The Labute approximate surface area is 178 Å². The highest BCUT2D eigenvalue weighted by molar-refractivity contribution is 7.89. The van der Waals surface area contributed by atoms with E-state index in [0.717, 1.165) is 43.6 Å². The molecule has 0 spiro atoms. The first-order valence-electron chi connectivity index (χ1n) is 10.4. The minimum atomic E-state index is -3.49. The van der Waals surface area contributed by atoms with Crippen molar-refractivity contribution in [3.63, 3.8) is 0 Å². The number of pyridine rings is 1. The monoisotopic (exact) mass is 421 g/mol. The molecule has 3 aromatic rings. The van der Waals surface area contributed by atoms with Crippen molar-refractivity contribution in [2.24, 2.45) is 5.92 Å². The maximum absolute atomic E-state index is 12.7. The normalized spacial score (nSPS) is 15.9. The predicted molar refractivity (Wildman–Crippen MR) is 119 cm³/mol. The molecule has 0 radical (unpaired) electrons. The van der Waals surface area contributed by atoms with Crippen molar-refractivity contribution in [3.05, 3.63) is 84.7 Å². The number of hydrogen-bond acceptors (Lipinski definition) is 4. The van der Waals surface area contributed by atoms with Crippen LogP contribution in [0.1, 0.15) is 18.4 Å². The second kappa shape index (κ2) is 9.51. The first-order valence-corrected chi connectivity index (χ1v) is 11.8. The number of aromatic nitrogens is 1. The Balaban J connectivity index is 1.28. The summed E-state index contributed by atoms with van der Waals surface area (Å²) in [7, 11) is -3.49. The van der Waals surface area contributed by atoms with Crippen molar-refractivity contribution in [1.29, 1.82) is 0 Å². The summed E-state index contributed by atoms with van der Waals surface area (Å²) in [5.41, 5.74) is 3.35. The molecule has 1 aliphatic rings. The zero-order valence-electron chi connectivity index (χ0n) is 16.9. The van der Waals surface area contributed by atoms with Crippen molar-refractivity contribution in [2.75, 3.05) is 19.6 Å². The van der Waals surface area contributed by atoms with Gasteiger partial charge in [-0.2, -0.15) is 0 Å². The van der Waals surface area contributed by atoms with Crippen LogP contribution in [-0.2, 0) is 16.6 Å². The summed E-state index contributed by atoms with van der Waals surface area (Å²) in [5.74, 6) is 0.372. The van der Waals surface area contributed by atoms with Crippen molar-refractivity contribution < 1.29 is 8.42 Å². The maximum Gasteiger partial charge on any atom is 0.240 e. The van der Waals surface area contributed by atoms with Crippen molar-refractivity contribution >= 4 is 10.0 Å². The zero-order chi connectivity index (χ0) is 20.8. The first-order chi connectivity index (χ1) is 14.6. The van der Waals surface area contributed by atoms with E-state index in [-0.39, 0.29) is 0 Å². The summed E-state index contributed by atoms with van der Waals surface area (Å²) < 4.78 is 28.2. The van der Waals surface area contributed by atoms with Gasteiger partial charge in [0.05, 0.1) is 4.90 Å². The van der Waals surface area contributed by atoms with Crippen molar-refractivity contribution in [3.8, 4) is 11.1 Å². The van der Waals surface area contributed by atoms with Gasteiger partial charge in [-0.1, -0.05) is 42.5 Å². The molecule has 1 N–H and O–H groups in total. The SMILES string of the molecule is O=S(=O)(NCC1CCN(Cc2ccncc2)CC1)c1ccc(-c2ccccc2)cc1. The summed E-state index contributed by atoms with van der Waals surface area (Å²) in [6.07, 6.45) is 5.65. The van der Waals surface area contributed by atoms with Crippen LogP contribution in [0.3, 0.4) is 0 Å². The quantitative estimate of drug-likeness (QED) is 0.628. The molecule has 1 aromatic heterocycles. The van der Waals surface area contributed by atoms with Crippen LogP contribution in [0.5, 0.6) is 0 Å². The fourth-order valence-corrected chi connectivity index (χ4v) is 4.98. The summed E-state index contributed by atoms with van der Waals surface area (Å²) in [4.78, 5) is 6.80. The number of rotatable bonds is 7. The molecule has 0 bridgehead atoms. The Morgan fingerprint density at radius 3 is 2.17 bits per heavy atom. The van der Waals surface area contributed by atoms with E-state index in [9.17, 15) is 8.42 Å². The number of nitrogens with zero attached hydrogens (tertiary/aromatic N) is 2. The van der Waals surface area contributed by atoms with Gasteiger partial charge in [0.15, 0.2) is 0 Å². The molecule has 1 aliphatic heterocycles. The molecule has 0 saturated carbocycles. The lowest BCUT2D eigenvalue weighted by molar-refractivity contribution is 0.178. The molecule has 4 rings (SSSR count). The topological polar surface area (TPSA) is 62.3 Å². The summed E-state index contributed by atoms with van der Waals surface area (Å²) in [6.45, 7) is 3.39. The number of nitrogens with one attached hydrogen (secondary N) is 1. The molecule has 5 nitrogen and oxygen atoms in total. The van der Waals surface area contributed by atoms with Gasteiger partial charge in [0, 0.05) is 25.5 Å². The largest absolute Gasteiger partial charge is 0.299 e. The third-order valence-electron chi connectivity index (χ3n) is 5.70. The molecule has 30 heavy (non-hydrogen) atoms. The van der Waals surface area contributed by atoms with Gasteiger partial charge in [-0.15, -0.1) is 0 Å². The lowest BCUT2D eigenvalue weighted by Gasteiger charge is -2.32. The third-order valence-corrected chi connectivity index (χ3v) is 7.14. The van der Waals surface area contributed by atoms with Gasteiger partial charge in [-0.05, 0) is 72.8 Å². The maximum atomic E-state index is 12.7. The molecule has 0 unspecified atom stereocenters. The van der Waals surface area contributed by atoms with E-state index in [2.05, 4.69) is 14.6 Å². The van der Waals surface area contributed by atoms with E-state index in [1.54, 1.807) is 12.1 Å². The Hall–Kier alpha value is -2.54. The van der Waals surface area contributed by atoms with E-state index < -0.39 is 10.0 Å². The zero-order valence-corrected chi connectivity index (χ0v) is 17.8. The van der Waals surface area contributed by atoms with Gasteiger partial charge in [-0.3, -0.25) is 9.88 Å². The molecular weight excluding hydrogens is 394 g/mol. The summed E-state index contributed by atoms with van der Waals surface area (Å²) >= 11 is 0. The molecule has 156 valence electrons. The fourth-order valence-electron chi connectivity index (χ4n) is 3.86. The predicted octanol–water partition coefficient (Wildman–Crippen LogP) is 3.94. The summed E-state index contributed by atoms with van der Waals surface area (Å²) in [5, 5.41) is 0. The Morgan fingerprint density at radius 1 is 0.867 bits per heavy atom. The first kappa shape index (κ1) is 20.7. The van der Waals surface area contributed by atoms with E-state index in [1.807, 2.05) is 67.0 Å². The highest BCUT2D eigenvalue weighted by atomic mass is 32.2. The van der Waals surface area contributed by atoms with Crippen LogP contribution < -0.4 is 4.72 Å². The van der Waals surface area contributed by atoms with Crippen molar-refractivity contribution in [2.45, 2.75) is 24.3 Å².